The molecule has 0 atom stereocenters. The first-order chi connectivity index (χ1) is 4.91. The molecular weight excluding hydrogens is 126 g/mol. The van der Waals surface area contributed by atoms with Crippen molar-refractivity contribution in [2.24, 2.45) is 0 Å². The summed E-state index contributed by atoms with van der Waals surface area (Å²) in [6, 6.07) is 0. The highest BCUT2D eigenvalue weighted by molar-refractivity contribution is 5.51. The SMILES string of the molecule is C/C=C/CCCNCC=O. The third-order valence-electron chi connectivity index (χ3n) is 1.19. The average Bonchev–Trinajstić information content (AvgIpc) is 1.97. The minimum atomic E-state index is 0.482. The summed E-state index contributed by atoms with van der Waals surface area (Å²) in [5.41, 5.74) is 0. The second-order valence-electron chi connectivity index (χ2n) is 2.08. The van der Waals surface area contributed by atoms with Crippen LogP contribution < -0.4 is 5.32 Å². The molecule has 10 heavy (non-hydrogen) atoms. The van der Waals surface area contributed by atoms with E-state index in [0.29, 0.717) is 6.54 Å². The van der Waals surface area contributed by atoms with E-state index in [0.717, 1.165) is 25.7 Å². The summed E-state index contributed by atoms with van der Waals surface area (Å²) >= 11 is 0. The van der Waals surface area contributed by atoms with Gasteiger partial charge in [0, 0.05) is 0 Å². The van der Waals surface area contributed by atoms with Gasteiger partial charge in [-0.3, -0.25) is 0 Å². The lowest BCUT2D eigenvalue weighted by molar-refractivity contribution is -0.107. The molecule has 0 radical (unpaired) electrons. The molecule has 0 aliphatic heterocycles. The lowest BCUT2D eigenvalue weighted by Gasteiger charge is -1.95. The predicted molar refractivity (Wildman–Crippen MR) is 43.0 cm³/mol. The van der Waals surface area contributed by atoms with Gasteiger partial charge < -0.3 is 10.1 Å². The van der Waals surface area contributed by atoms with Gasteiger partial charge in [-0.1, -0.05) is 12.2 Å². The van der Waals surface area contributed by atoms with Gasteiger partial charge in [0.15, 0.2) is 0 Å². The van der Waals surface area contributed by atoms with Crippen molar-refractivity contribution in [1.29, 1.82) is 0 Å². The van der Waals surface area contributed by atoms with Crippen molar-refractivity contribution in [3.8, 4) is 0 Å². The van der Waals surface area contributed by atoms with Crippen molar-refractivity contribution in [2.45, 2.75) is 19.8 Å². The summed E-state index contributed by atoms with van der Waals surface area (Å²) < 4.78 is 0. The van der Waals surface area contributed by atoms with Gasteiger partial charge >= 0.3 is 0 Å². The molecule has 0 fully saturated rings. The number of nitrogens with one attached hydrogen (secondary N) is 1. The normalized spacial score (nSPS) is 10.5. The first-order valence-electron chi connectivity index (χ1n) is 3.67. The smallest absolute Gasteiger partial charge is 0.133 e. The van der Waals surface area contributed by atoms with Crippen molar-refractivity contribution in [1.82, 2.24) is 5.32 Å². The Morgan fingerprint density at radius 2 is 2.30 bits per heavy atom. The Labute approximate surface area is 62.3 Å². The fourth-order valence-electron chi connectivity index (χ4n) is 0.673. The Morgan fingerprint density at radius 1 is 1.50 bits per heavy atom. The van der Waals surface area contributed by atoms with Crippen LogP contribution in [0, 0.1) is 0 Å². The van der Waals surface area contributed by atoms with Gasteiger partial charge in [0.1, 0.15) is 6.29 Å². The van der Waals surface area contributed by atoms with Crippen molar-refractivity contribution in [3.05, 3.63) is 12.2 Å². The molecule has 0 aromatic rings. The van der Waals surface area contributed by atoms with Crippen LogP contribution in [0.2, 0.25) is 0 Å². The van der Waals surface area contributed by atoms with Crippen LogP contribution in [-0.4, -0.2) is 19.4 Å². The van der Waals surface area contributed by atoms with Crippen LogP contribution in [0.4, 0.5) is 0 Å². The lowest BCUT2D eigenvalue weighted by Crippen LogP contribution is -2.17. The number of carbonyl (C=O) groups is 1. The van der Waals surface area contributed by atoms with E-state index in [-0.39, 0.29) is 0 Å². The van der Waals surface area contributed by atoms with E-state index in [1.807, 2.05) is 13.0 Å². The minimum absolute atomic E-state index is 0.482. The van der Waals surface area contributed by atoms with Crippen molar-refractivity contribution in [3.63, 3.8) is 0 Å². The molecule has 0 aromatic carbocycles. The molecule has 0 aliphatic carbocycles. The molecule has 2 nitrogen and oxygen atoms in total. The molecule has 58 valence electrons. The van der Waals surface area contributed by atoms with Crippen LogP contribution in [0.25, 0.3) is 0 Å². The van der Waals surface area contributed by atoms with E-state index in [4.69, 9.17) is 0 Å². The molecule has 2 heteroatoms. The fraction of sp³-hybridized carbons (Fsp3) is 0.625. The Hall–Kier alpha value is -0.630. The van der Waals surface area contributed by atoms with Gasteiger partial charge in [-0.25, -0.2) is 0 Å². The summed E-state index contributed by atoms with van der Waals surface area (Å²) in [5, 5.41) is 2.99. The topological polar surface area (TPSA) is 29.1 Å². The standard InChI is InChI=1S/C8H15NO/c1-2-3-4-5-6-9-7-8-10/h2-3,8-9H,4-7H2,1H3/b3-2+. The molecule has 0 aliphatic rings. The quantitative estimate of drug-likeness (QED) is 0.341. The van der Waals surface area contributed by atoms with E-state index in [9.17, 15) is 4.79 Å². The zero-order valence-corrected chi connectivity index (χ0v) is 6.47. The maximum Gasteiger partial charge on any atom is 0.133 e. The summed E-state index contributed by atoms with van der Waals surface area (Å²) in [6.45, 7) is 3.43. The highest BCUT2D eigenvalue weighted by atomic mass is 16.1. The second kappa shape index (κ2) is 8.37. The maximum atomic E-state index is 9.82. The lowest BCUT2D eigenvalue weighted by atomic mass is 10.3. The van der Waals surface area contributed by atoms with Crippen LogP contribution >= 0.6 is 0 Å². The van der Waals surface area contributed by atoms with Gasteiger partial charge in [-0.05, 0) is 26.3 Å². The number of allylic oxidation sites excluding steroid dienone is 2. The van der Waals surface area contributed by atoms with Crippen molar-refractivity contribution < 1.29 is 4.79 Å². The van der Waals surface area contributed by atoms with Gasteiger partial charge in [0.2, 0.25) is 0 Å². The molecule has 0 bridgehead atoms. The summed E-state index contributed by atoms with van der Waals surface area (Å²) in [7, 11) is 0. The second-order valence-corrected chi connectivity index (χ2v) is 2.08. The van der Waals surface area contributed by atoms with E-state index in [1.165, 1.54) is 0 Å². The van der Waals surface area contributed by atoms with Gasteiger partial charge in [-0.15, -0.1) is 0 Å². The highest BCUT2D eigenvalue weighted by Crippen LogP contribution is 1.87. The number of carbonyl (C=O) groups excluding carboxylic acids is 1. The predicted octanol–water partition coefficient (Wildman–Crippen LogP) is 1.13. The molecular formula is C8H15NO. The zero-order valence-electron chi connectivity index (χ0n) is 6.47. The summed E-state index contributed by atoms with van der Waals surface area (Å²) in [4.78, 5) is 9.82. The minimum Gasteiger partial charge on any atom is -0.310 e. The Kier molecular flexibility index (Phi) is 7.84. The molecule has 1 N–H and O–H groups in total. The van der Waals surface area contributed by atoms with E-state index >= 15 is 0 Å². The molecule has 0 saturated heterocycles. The first-order valence-corrected chi connectivity index (χ1v) is 3.67. The Balaban J connectivity index is 2.83. The highest BCUT2D eigenvalue weighted by Gasteiger charge is 1.82. The van der Waals surface area contributed by atoms with Crippen molar-refractivity contribution in [2.75, 3.05) is 13.1 Å². The number of aldehydes is 1. The molecule has 0 rings (SSSR count). The molecule has 0 heterocycles. The maximum absolute atomic E-state index is 9.82. The first kappa shape index (κ1) is 9.37. The number of unbranched alkanes of at least 4 members (excludes halogenated alkanes) is 1. The van der Waals surface area contributed by atoms with Crippen LogP contribution in [0.5, 0.6) is 0 Å². The van der Waals surface area contributed by atoms with E-state index in [1.54, 1.807) is 0 Å². The third kappa shape index (κ3) is 7.37. The van der Waals surface area contributed by atoms with Crippen LogP contribution in [0.15, 0.2) is 12.2 Å². The molecule has 0 aromatic heterocycles. The van der Waals surface area contributed by atoms with Gasteiger partial charge in [0.05, 0.1) is 6.54 Å². The average molecular weight is 141 g/mol. The molecule has 0 saturated carbocycles. The Bertz CT molecular complexity index is 99.4. The van der Waals surface area contributed by atoms with E-state index < -0.39 is 0 Å². The number of hydrogen-bond acceptors (Lipinski definition) is 2. The van der Waals surface area contributed by atoms with E-state index in [2.05, 4.69) is 11.4 Å². The largest absolute Gasteiger partial charge is 0.310 e. The number of hydrogen-bond donors (Lipinski definition) is 1. The monoisotopic (exact) mass is 141 g/mol. The molecule has 0 amide bonds. The van der Waals surface area contributed by atoms with Gasteiger partial charge in [-0.2, -0.15) is 0 Å². The van der Waals surface area contributed by atoms with Gasteiger partial charge in [0.25, 0.3) is 0 Å². The summed E-state index contributed by atoms with van der Waals surface area (Å²) in [5.74, 6) is 0. The number of rotatable bonds is 6. The Morgan fingerprint density at radius 3 is 2.90 bits per heavy atom. The molecule has 0 unspecified atom stereocenters. The molecule has 0 spiro atoms. The fourth-order valence-corrected chi connectivity index (χ4v) is 0.673. The van der Waals surface area contributed by atoms with Crippen LogP contribution in [0.3, 0.4) is 0 Å². The summed E-state index contributed by atoms with van der Waals surface area (Å²) in [6.07, 6.45) is 7.26. The zero-order chi connectivity index (χ0) is 7.66. The van der Waals surface area contributed by atoms with Crippen LogP contribution in [0.1, 0.15) is 19.8 Å². The van der Waals surface area contributed by atoms with Crippen molar-refractivity contribution >= 4 is 6.29 Å². The third-order valence-corrected chi connectivity index (χ3v) is 1.19. The van der Waals surface area contributed by atoms with Crippen LogP contribution in [-0.2, 0) is 4.79 Å².